The number of benzene rings is 2. The highest BCUT2D eigenvalue weighted by Gasteiger charge is 2.33. The monoisotopic (exact) mass is 458 g/mol. The maximum atomic E-state index is 13.0. The molecule has 0 saturated carbocycles. The molecule has 0 radical (unpaired) electrons. The Morgan fingerprint density at radius 2 is 1.75 bits per heavy atom. The van der Waals surface area contributed by atoms with E-state index in [1.165, 1.54) is 31.6 Å². The number of hydrogen-bond donors (Lipinski definition) is 1. The van der Waals surface area contributed by atoms with E-state index in [0.717, 1.165) is 6.07 Å². The third-order valence-corrected chi connectivity index (χ3v) is 4.49. The van der Waals surface area contributed by atoms with Crippen LogP contribution in [0.15, 0.2) is 60.9 Å². The molecule has 0 spiro atoms. The Hall–Kier alpha value is -3.83. The molecule has 3 rings (SSSR count). The number of amides is 1. The maximum absolute atomic E-state index is 13.0. The molecule has 162 valence electrons. The van der Waals surface area contributed by atoms with Crippen LogP contribution in [0.4, 0.5) is 18.9 Å². The molecule has 0 unspecified atom stereocenters. The van der Waals surface area contributed by atoms with Gasteiger partial charge in [0.15, 0.2) is 0 Å². The summed E-state index contributed by atoms with van der Waals surface area (Å²) in [6.45, 7) is 0. The lowest BCUT2D eigenvalue weighted by Gasteiger charge is -2.11. The molecule has 0 aliphatic rings. The number of methoxy groups -OCH3 is 1. The standard InChI is InChI=1S/C23H14ClF3N2O3/c1-32-22(31)17-9-15(12-28-13-17)6-5-14-3-2-4-18(10-14)29-21(30)16-7-8-20(24)19(11-16)23(25,26)27/h2-4,7-13H,1H3,(H,29,30). The minimum Gasteiger partial charge on any atom is -0.465 e. The van der Waals surface area contributed by atoms with Crippen molar-refractivity contribution in [1.29, 1.82) is 0 Å². The second kappa shape index (κ2) is 9.54. The Morgan fingerprint density at radius 1 is 1.00 bits per heavy atom. The molecule has 3 aromatic rings. The van der Waals surface area contributed by atoms with Crippen molar-refractivity contribution < 1.29 is 27.5 Å². The summed E-state index contributed by atoms with van der Waals surface area (Å²) in [5.74, 6) is 4.46. The van der Waals surface area contributed by atoms with Crippen LogP contribution in [0.3, 0.4) is 0 Å². The van der Waals surface area contributed by atoms with Crippen LogP contribution in [0.5, 0.6) is 0 Å². The van der Waals surface area contributed by atoms with E-state index >= 15 is 0 Å². The number of carbonyl (C=O) groups excluding carboxylic acids is 2. The molecular formula is C23H14ClF3N2O3. The Morgan fingerprint density at radius 3 is 2.47 bits per heavy atom. The van der Waals surface area contributed by atoms with Gasteiger partial charge in [0, 0.05) is 34.8 Å². The number of halogens is 4. The molecule has 5 nitrogen and oxygen atoms in total. The summed E-state index contributed by atoms with van der Waals surface area (Å²) >= 11 is 5.59. The number of esters is 1. The predicted octanol–water partition coefficient (Wildman–Crippen LogP) is 5.19. The number of nitrogens with one attached hydrogen (secondary N) is 1. The second-order valence-corrected chi connectivity index (χ2v) is 6.84. The summed E-state index contributed by atoms with van der Waals surface area (Å²) < 4.78 is 43.7. The van der Waals surface area contributed by atoms with Gasteiger partial charge in [-0.3, -0.25) is 9.78 Å². The van der Waals surface area contributed by atoms with Gasteiger partial charge in [-0.2, -0.15) is 13.2 Å². The van der Waals surface area contributed by atoms with Gasteiger partial charge in [0.05, 0.1) is 23.3 Å². The van der Waals surface area contributed by atoms with Gasteiger partial charge in [-0.15, -0.1) is 0 Å². The molecule has 2 aromatic carbocycles. The van der Waals surface area contributed by atoms with Gasteiger partial charge in [-0.25, -0.2) is 4.79 Å². The first-order valence-electron chi connectivity index (χ1n) is 9.01. The number of anilines is 1. The largest absolute Gasteiger partial charge is 0.465 e. The third kappa shape index (κ3) is 5.65. The topological polar surface area (TPSA) is 68.3 Å². The molecule has 0 saturated heterocycles. The van der Waals surface area contributed by atoms with E-state index in [9.17, 15) is 22.8 Å². The lowest BCUT2D eigenvalue weighted by molar-refractivity contribution is -0.137. The van der Waals surface area contributed by atoms with E-state index in [1.54, 1.807) is 24.3 Å². The maximum Gasteiger partial charge on any atom is 0.417 e. The van der Waals surface area contributed by atoms with Gasteiger partial charge in [-0.05, 0) is 42.5 Å². The first-order valence-corrected chi connectivity index (χ1v) is 9.39. The predicted molar refractivity (Wildman–Crippen MR) is 112 cm³/mol. The number of nitrogens with zero attached hydrogens (tertiary/aromatic N) is 1. The van der Waals surface area contributed by atoms with E-state index in [2.05, 4.69) is 26.9 Å². The zero-order chi connectivity index (χ0) is 23.3. The Labute approximate surface area is 186 Å². The molecule has 1 N–H and O–H groups in total. The molecule has 0 aliphatic heterocycles. The van der Waals surface area contributed by atoms with Crippen LogP contribution in [0.2, 0.25) is 5.02 Å². The summed E-state index contributed by atoms with van der Waals surface area (Å²) in [4.78, 5) is 27.9. The highest BCUT2D eigenvalue weighted by Crippen LogP contribution is 2.35. The first-order chi connectivity index (χ1) is 15.2. The van der Waals surface area contributed by atoms with E-state index in [1.807, 2.05) is 0 Å². The van der Waals surface area contributed by atoms with Gasteiger partial charge in [0.1, 0.15) is 0 Å². The first kappa shape index (κ1) is 22.8. The average molecular weight is 459 g/mol. The zero-order valence-corrected chi connectivity index (χ0v) is 17.2. The van der Waals surface area contributed by atoms with Gasteiger partial charge in [-0.1, -0.05) is 29.5 Å². The molecule has 0 fully saturated rings. The van der Waals surface area contributed by atoms with Gasteiger partial charge in [0.2, 0.25) is 0 Å². The van der Waals surface area contributed by atoms with Crippen molar-refractivity contribution in [3.8, 4) is 11.8 Å². The van der Waals surface area contributed by atoms with Gasteiger partial charge < -0.3 is 10.1 Å². The van der Waals surface area contributed by atoms with Crippen LogP contribution < -0.4 is 5.32 Å². The van der Waals surface area contributed by atoms with Crippen molar-refractivity contribution in [3.63, 3.8) is 0 Å². The summed E-state index contributed by atoms with van der Waals surface area (Å²) in [7, 11) is 1.26. The Kier molecular flexibility index (Phi) is 6.81. The molecule has 1 aromatic heterocycles. The van der Waals surface area contributed by atoms with Crippen molar-refractivity contribution >= 4 is 29.2 Å². The van der Waals surface area contributed by atoms with Crippen molar-refractivity contribution in [2.45, 2.75) is 6.18 Å². The Bertz CT molecular complexity index is 1250. The van der Waals surface area contributed by atoms with E-state index < -0.39 is 28.6 Å². The van der Waals surface area contributed by atoms with E-state index in [-0.39, 0.29) is 11.1 Å². The van der Waals surface area contributed by atoms with Crippen molar-refractivity contribution in [1.82, 2.24) is 4.98 Å². The molecule has 1 heterocycles. The highest BCUT2D eigenvalue weighted by atomic mass is 35.5. The second-order valence-electron chi connectivity index (χ2n) is 6.43. The summed E-state index contributed by atoms with van der Waals surface area (Å²) in [6, 6.07) is 10.9. The van der Waals surface area contributed by atoms with Gasteiger partial charge in [0.25, 0.3) is 5.91 Å². The smallest absolute Gasteiger partial charge is 0.417 e. The van der Waals surface area contributed by atoms with Crippen LogP contribution in [0, 0.1) is 11.8 Å². The average Bonchev–Trinajstić information content (AvgIpc) is 2.77. The number of carbonyl (C=O) groups is 2. The van der Waals surface area contributed by atoms with Crippen LogP contribution in [-0.4, -0.2) is 24.0 Å². The lowest BCUT2D eigenvalue weighted by atomic mass is 10.1. The molecule has 0 atom stereocenters. The van der Waals surface area contributed by atoms with Crippen LogP contribution in [0.1, 0.15) is 37.4 Å². The van der Waals surface area contributed by atoms with Crippen LogP contribution in [0.25, 0.3) is 0 Å². The summed E-state index contributed by atoms with van der Waals surface area (Å²) in [5.41, 5.74) is 0.313. The lowest BCUT2D eigenvalue weighted by Crippen LogP contribution is -2.14. The normalized spacial score (nSPS) is 10.7. The molecule has 9 heteroatoms. The van der Waals surface area contributed by atoms with Crippen molar-refractivity contribution in [3.05, 3.63) is 93.8 Å². The number of hydrogen-bond acceptors (Lipinski definition) is 4. The van der Waals surface area contributed by atoms with Crippen molar-refractivity contribution in [2.24, 2.45) is 0 Å². The number of ether oxygens (including phenoxy) is 1. The number of pyridine rings is 1. The fraction of sp³-hybridized carbons (Fsp3) is 0.0870. The molecular weight excluding hydrogens is 445 g/mol. The summed E-state index contributed by atoms with van der Waals surface area (Å²) in [6.07, 6.45) is -1.85. The minimum atomic E-state index is -4.68. The molecule has 0 bridgehead atoms. The minimum absolute atomic E-state index is 0.191. The zero-order valence-electron chi connectivity index (χ0n) is 16.5. The molecule has 0 aliphatic carbocycles. The van der Waals surface area contributed by atoms with E-state index in [0.29, 0.717) is 22.9 Å². The SMILES string of the molecule is COC(=O)c1cncc(C#Cc2cccc(NC(=O)c3ccc(Cl)c(C(F)(F)F)c3)c2)c1. The van der Waals surface area contributed by atoms with Crippen molar-refractivity contribution in [2.75, 3.05) is 12.4 Å². The number of rotatable bonds is 3. The fourth-order valence-corrected chi connectivity index (χ4v) is 2.87. The third-order valence-electron chi connectivity index (χ3n) is 4.16. The quantitative estimate of drug-likeness (QED) is 0.433. The molecule has 32 heavy (non-hydrogen) atoms. The van der Waals surface area contributed by atoms with Crippen LogP contribution in [-0.2, 0) is 10.9 Å². The van der Waals surface area contributed by atoms with E-state index in [4.69, 9.17) is 11.6 Å². The number of alkyl halides is 3. The molecule has 1 amide bonds. The fourth-order valence-electron chi connectivity index (χ4n) is 2.64. The highest BCUT2D eigenvalue weighted by molar-refractivity contribution is 6.31. The number of aromatic nitrogens is 1. The van der Waals surface area contributed by atoms with Gasteiger partial charge >= 0.3 is 12.1 Å². The van der Waals surface area contributed by atoms with Crippen LogP contribution >= 0.6 is 11.6 Å². The summed E-state index contributed by atoms with van der Waals surface area (Å²) in [5, 5.41) is 2.05. The Balaban J connectivity index is 1.79.